The standard InChI is InChI=1S/C44H40N2O3/c1-47-39-21-16-36(17-22-39)46(37-18-23-40(48-2)24-19-37)35-14-12-34(13-15-35)44(33-9-5-3-6-10-33)28-27-42-41-25-20-38(45-29-7-4-8-30-45)31-32(41)11-26-43(42)49-44/h3,5-6,9-28,31H,4,7-8,29-30H2,1-2H3. The van der Waals surface area contributed by atoms with Crippen molar-refractivity contribution in [3.05, 3.63) is 156 Å². The minimum atomic E-state index is -0.792. The molecule has 6 aromatic carbocycles. The molecule has 1 atom stereocenters. The first kappa shape index (κ1) is 30.6. The van der Waals surface area contributed by atoms with Crippen LogP contribution in [0.4, 0.5) is 22.7 Å². The number of anilines is 4. The van der Waals surface area contributed by atoms with Crippen LogP contribution in [-0.2, 0) is 5.60 Å². The van der Waals surface area contributed by atoms with Crippen LogP contribution in [0.5, 0.6) is 17.2 Å². The van der Waals surface area contributed by atoms with Crippen molar-refractivity contribution >= 4 is 39.6 Å². The van der Waals surface area contributed by atoms with Gasteiger partial charge in [0, 0.05) is 52.5 Å². The summed E-state index contributed by atoms with van der Waals surface area (Å²) in [5.41, 5.74) is 6.84. The summed E-state index contributed by atoms with van der Waals surface area (Å²) in [5, 5.41) is 2.45. The van der Waals surface area contributed by atoms with Crippen molar-refractivity contribution in [1.29, 1.82) is 0 Å². The molecule has 0 aromatic heterocycles. The van der Waals surface area contributed by atoms with E-state index >= 15 is 0 Å². The predicted molar refractivity (Wildman–Crippen MR) is 201 cm³/mol. The minimum Gasteiger partial charge on any atom is -0.497 e. The number of fused-ring (bicyclic) bond motifs is 3. The van der Waals surface area contributed by atoms with Crippen LogP contribution in [0.1, 0.15) is 36.0 Å². The molecular weight excluding hydrogens is 604 g/mol. The van der Waals surface area contributed by atoms with Gasteiger partial charge in [-0.3, -0.25) is 0 Å². The van der Waals surface area contributed by atoms with Gasteiger partial charge in [-0.15, -0.1) is 0 Å². The lowest BCUT2D eigenvalue weighted by Gasteiger charge is -2.37. The molecule has 0 aliphatic carbocycles. The van der Waals surface area contributed by atoms with Gasteiger partial charge in [-0.25, -0.2) is 0 Å². The lowest BCUT2D eigenvalue weighted by molar-refractivity contribution is 0.161. The number of benzene rings is 6. The van der Waals surface area contributed by atoms with Gasteiger partial charge in [-0.1, -0.05) is 54.6 Å². The van der Waals surface area contributed by atoms with Crippen LogP contribution in [0.15, 0.2) is 140 Å². The lowest BCUT2D eigenvalue weighted by Crippen LogP contribution is -2.34. The number of piperidine rings is 1. The molecule has 49 heavy (non-hydrogen) atoms. The third-order valence-corrected chi connectivity index (χ3v) is 9.90. The van der Waals surface area contributed by atoms with E-state index < -0.39 is 5.60 Å². The average Bonchev–Trinajstić information content (AvgIpc) is 3.19. The molecule has 0 spiro atoms. The molecule has 2 aliphatic rings. The Morgan fingerprint density at radius 3 is 1.82 bits per heavy atom. The molecule has 5 heteroatoms. The van der Waals surface area contributed by atoms with Crippen LogP contribution in [0.3, 0.4) is 0 Å². The molecule has 2 aliphatic heterocycles. The molecule has 5 nitrogen and oxygen atoms in total. The molecule has 0 saturated carbocycles. The third-order valence-electron chi connectivity index (χ3n) is 9.90. The first-order valence-electron chi connectivity index (χ1n) is 17.1. The molecule has 2 heterocycles. The van der Waals surface area contributed by atoms with Gasteiger partial charge in [0.15, 0.2) is 5.60 Å². The highest BCUT2D eigenvalue weighted by molar-refractivity contribution is 5.96. The van der Waals surface area contributed by atoms with Crippen molar-refractivity contribution < 1.29 is 14.2 Å². The summed E-state index contributed by atoms with van der Waals surface area (Å²) >= 11 is 0. The van der Waals surface area contributed by atoms with Crippen molar-refractivity contribution in [3.8, 4) is 17.2 Å². The second-order valence-electron chi connectivity index (χ2n) is 12.7. The van der Waals surface area contributed by atoms with Crippen LogP contribution in [-0.4, -0.2) is 27.3 Å². The highest BCUT2D eigenvalue weighted by Crippen LogP contribution is 2.45. The van der Waals surface area contributed by atoms with E-state index in [9.17, 15) is 0 Å². The van der Waals surface area contributed by atoms with Crippen LogP contribution in [0.2, 0.25) is 0 Å². The molecule has 0 amide bonds. The fourth-order valence-electron chi connectivity index (χ4n) is 7.27. The van der Waals surface area contributed by atoms with Crippen LogP contribution >= 0.6 is 0 Å². The van der Waals surface area contributed by atoms with E-state index in [1.807, 2.05) is 24.3 Å². The first-order valence-corrected chi connectivity index (χ1v) is 17.1. The molecule has 244 valence electrons. The maximum absolute atomic E-state index is 7.13. The second-order valence-corrected chi connectivity index (χ2v) is 12.7. The predicted octanol–water partition coefficient (Wildman–Crippen LogP) is 10.7. The van der Waals surface area contributed by atoms with Gasteiger partial charge < -0.3 is 24.0 Å². The number of rotatable bonds is 8. The van der Waals surface area contributed by atoms with Crippen molar-refractivity contribution in [3.63, 3.8) is 0 Å². The van der Waals surface area contributed by atoms with E-state index in [-0.39, 0.29) is 0 Å². The molecule has 0 bridgehead atoms. The van der Waals surface area contributed by atoms with Gasteiger partial charge in [0.05, 0.1) is 14.2 Å². The summed E-state index contributed by atoms with van der Waals surface area (Å²) in [6.07, 6.45) is 8.34. The SMILES string of the molecule is COc1ccc(N(c2ccc(OC)cc2)c2ccc(C3(c4ccccc4)C=Cc4c(ccc5cc(N6CCCCC6)ccc45)O3)cc2)cc1. The summed E-state index contributed by atoms with van der Waals surface area (Å²) in [4.78, 5) is 4.75. The number of ether oxygens (including phenoxy) is 3. The van der Waals surface area contributed by atoms with E-state index in [4.69, 9.17) is 14.2 Å². The van der Waals surface area contributed by atoms with Gasteiger partial charge in [-0.2, -0.15) is 0 Å². The van der Waals surface area contributed by atoms with E-state index in [1.54, 1.807) is 14.2 Å². The smallest absolute Gasteiger partial charge is 0.178 e. The van der Waals surface area contributed by atoms with Crippen LogP contribution < -0.4 is 24.0 Å². The van der Waals surface area contributed by atoms with Gasteiger partial charge in [-0.05, 0) is 121 Å². The van der Waals surface area contributed by atoms with Gasteiger partial charge in [0.1, 0.15) is 17.2 Å². The molecule has 8 rings (SSSR count). The largest absolute Gasteiger partial charge is 0.497 e. The summed E-state index contributed by atoms with van der Waals surface area (Å²) < 4.78 is 18.0. The summed E-state index contributed by atoms with van der Waals surface area (Å²) in [6.45, 7) is 2.27. The van der Waals surface area contributed by atoms with Gasteiger partial charge in [0.25, 0.3) is 0 Å². The molecule has 0 N–H and O–H groups in total. The zero-order valence-corrected chi connectivity index (χ0v) is 28.0. The van der Waals surface area contributed by atoms with E-state index in [0.29, 0.717) is 0 Å². The zero-order valence-electron chi connectivity index (χ0n) is 28.0. The number of hydrogen-bond donors (Lipinski definition) is 0. The Morgan fingerprint density at radius 1 is 0.612 bits per heavy atom. The number of hydrogen-bond acceptors (Lipinski definition) is 5. The normalized spacial score (nSPS) is 16.9. The molecule has 1 unspecified atom stereocenters. The van der Waals surface area contributed by atoms with Crippen molar-refractivity contribution in [2.45, 2.75) is 24.9 Å². The van der Waals surface area contributed by atoms with Gasteiger partial charge in [0.2, 0.25) is 0 Å². The summed E-state index contributed by atoms with van der Waals surface area (Å²) in [7, 11) is 3.37. The number of methoxy groups -OCH3 is 2. The Hall–Kier alpha value is -5.68. The topological polar surface area (TPSA) is 34.2 Å². The van der Waals surface area contributed by atoms with Crippen molar-refractivity contribution in [2.24, 2.45) is 0 Å². The Morgan fingerprint density at radius 2 is 1.20 bits per heavy atom. The highest BCUT2D eigenvalue weighted by atomic mass is 16.5. The highest BCUT2D eigenvalue weighted by Gasteiger charge is 2.37. The monoisotopic (exact) mass is 644 g/mol. The average molecular weight is 645 g/mol. The van der Waals surface area contributed by atoms with E-state index in [0.717, 1.165) is 64.1 Å². The first-order chi connectivity index (χ1) is 24.1. The van der Waals surface area contributed by atoms with Gasteiger partial charge >= 0.3 is 0 Å². The Bertz CT molecular complexity index is 2040. The molecule has 6 aromatic rings. The molecule has 1 fully saturated rings. The Balaban J connectivity index is 1.18. The maximum atomic E-state index is 7.13. The molecule has 1 saturated heterocycles. The van der Waals surface area contributed by atoms with Crippen LogP contribution in [0, 0.1) is 0 Å². The maximum Gasteiger partial charge on any atom is 0.178 e. The molecule has 0 radical (unpaired) electrons. The minimum absolute atomic E-state index is 0.792. The van der Waals surface area contributed by atoms with E-state index in [2.05, 4.69) is 131 Å². The number of nitrogens with zero attached hydrogens (tertiary/aromatic N) is 2. The fourth-order valence-corrected chi connectivity index (χ4v) is 7.27. The fraction of sp³-hybridized carbons (Fsp3) is 0.182. The molecular formula is C44H40N2O3. The zero-order chi connectivity index (χ0) is 33.2. The Kier molecular flexibility index (Phi) is 8.18. The van der Waals surface area contributed by atoms with Crippen molar-refractivity contribution in [2.75, 3.05) is 37.1 Å². The quantitative estimate of drug-likeness (QED) is 0.165. The summed E-state index contributed by atoms with van der Waals surface area (Å²) in [6, 6.07) is 46.7. The van der Waals surface area contributed by atoms with E-state index in [1.165, 1.54) is 35.7 Å². The van der Waals surface area contributed by atoms with Crippen LogP contribution in [0.25, 0.3) is 16.8 Å². The Labute approximate surface area is 288 Å². The second kappa shape index (κ2) is 13.1. The van der Waals surface area contributed by atoms with Crippen molar-refractivity contribution in [1.82, 2.24) is 0 Å². The third kappa shape index (κ3) is 5.76. The summed E-state index contributed by atoms with van der Waals surface area (Å²) in [5.74, 6) is 2.51. The lowest BCUT2D eigenvalue weighted by atomic mass is 9.83.